The number of phenols is 1. The number of ether oxygens (including phenoxy) is 1. The molecule has 0 unspecified atom stereocenters. The second-order valence-corrected chi connectivity index (χ2v) is 3.29. The van der Waals surface area contributed by atoms with Crippen molar-refractivity contribution < 1.29 is 14.8 Å². The molecule has 0 fully saturated rings. The summed E-state index contributed by atoms with van der Waals surface area (Å²) in [6.07, 6.45) is 0.736. The number of hydrogen-bond acceptors (Lipinski definition) is 4. The highest BCUT2D eigenvalue weighted by Gasteiger charge is 2.15. The minimum atomic E-state index is -0.593. The number of hydrogen-bond donors (Lipinski definition) is 1. The molecule has 82 valence electrons. The average Bonchev–Trinajstić information content (AvgIpc) is 2.19. The smallest absolute Gasteiger partial charge is 0.274 e. The number of rotatable bonds is 4. The molecule has 0 saturated heterocycles. The van der Waals surface area contributed by atoms with E-state index < -0.39 is 4.92 Å². The van der Waals surface area contributed by atoms with Gasteiger partial charge in [0.25, 0.3) is 5.69 Å². The van der Waals surface area contributed by atoms with E-state index in [1.165, 1.54) is 0 Å². The van der Waals surface area contributed by atoms with E-state index in [2.05, 4.69) is 0 Å². The third kappa shape index (κ3) is 2.73. The molecule has 0 aliphatic heterocycles. The summed E-state index contributed by atoms with van der Waals surface area (Å²) in [5, 5.41) is 19.9. The number of nitro groups is 1. The second kappa shape index (κ2) is 4.84. The Morgan fingerprint density at radius 2 is 2.27 bits per heavy atom. The highest BCUT2D eigenvalue weighted by Crippen LogP contribution is 2.37. The van der Waals surface area contributed by atoms with Crippen LogP contribution in [0.3, 0.4) is 0 Å². The fraction of sp³-hybridized carbons (Fsp3) is 0.333. The van der Waals surface area contributed by atoms with Crippen LogP contribution in [-0.4, -0.2) is 16.6 Å². The van der Waals surface area contributed by atoms with E-state index >= 15 is 0 Å². The summed E-state index contributed by atoms with van der Waals surface area (Å²) in [4.78, 5) is 9.91. The van der Waals surface area contributed by atoms with Gasteiger partial charge < -0.3 is 9.84 Å². The largest absolute Gasteiger partial charge is 0.503 e. The molecule has 15 heavy (non-hydrogen) atoms. The van der Waals surface area contributed by atoms with E-state index in [9.17, 15) is 15.2 Å². The lowest BCUT2D eigenvalue weighted by atomic mass is 10.3. The first kappa shape index (κ1) is 11.6. The van der Waals surface area contributed by atoms with E-state index in [0.717, 1.165) is 18.6 Å². The van der Waals surface area contributed by atoms with Gasteiger partial charge in [0.2, 0.25) is 0 Å². The van der Waals surface area contributed by atoms with Gasteiger partial charge >= 0.3 is 0 Å². The minimum Gasteiger partial charge on any atom is -0.503 e. The Kier molecular flexibility index (Phi) is 3.74. The Hall–Kier alpha value is -1.49. The first-order valence-electron chi connectivity index (χ1n) is 4.36. The molecular weight excluding hydrogens is 222 g/mol. The number of nitrogens with zero attached hydrogens (tertiary/aromatic N) is 1. The van der Waals surface area contributed by atoms with Crippen LogP contribution < -0.4 is 4.74 Å². The van der Waals surface area contributed by atoms with Crippen LogP contribution in [0.4, 0.5) is 5.69 Å². The highest BCUT2D eigenvalue weighted by atomic mass is 35.5. The average molecular weight is 232 g/mol. The number of phenolic OH excluding ortho intramolecular Hbond substituents is 1. The predicted octanol–water partition coefficient (Wildman–Crippen LogP) is 2.74. The molecule has 0 bridgehead atoms. The second-order valence-electron chi connectivity index (χ2n) is 2.88. The maximum Gasteiger partial charge on any atom is 0.274 e. The topological polar surface area (TPSA) is 72.6 Å². The molecule has 0 amide bonds. The molecule has 0 radical (unpaired) electrons. The van der Waals surface area contributed by atoms with Crippen LogP contribution in [0.15, 0.2) is 12.1 Å². The van der Waals surface area contributed by atoms with Gasteiger partial charge in [0.05, 0.1) is 22.6 Å². The lowest BCUT2D eigenvalue weighted by Crippen LogP contribution is -1.97. The zero-order chi connectivity index (χ0) is 11.4. The van der Waals surface area contributed by atoms with Crippen LogP contribution in [0.1, 0.15) is 13.3 Å². The van der Waals surface area contributed by atoms with Crippen molar-refractivity contribution in [3.05, 3.63) is 27.3 Å². The van der Waals surface area contributed by atoms with Crippen LogP contribution in [-0.2, 0) is 0 Å². The number of aromatic hydroxyl groups is 1. The van der Waals surface area contributed by atoms with E-state index in [1.54, 1.807) is 0 Å². The summed E-state index contributed by atoms with van der Waals surface area (Å²) in [7, 11) is 0. The van der Waals surface area contributed by atoms with Crippen molar-refractivity contribution >= 4 is 17.3 Å². The summed E-state index contributed by atoms with van der Waals surface area (Å²) < 4.78 is 5.12. The Labute approximate surface area is 91.4 Å². The number of benzene rings is 1. The van der Waals surface area contributed by atoms with E-state index in [1.807, 2.05) is 6.92 Å². The molecule has 0 aliphatic rings. The molecule has 0 aromatic heterocycles. The molecule has 1 aromatic carbocycles. The molecule has 0 aliphatic carbocycles. The maximum absolute atomic E-state index is 10.5. The maximum atomic E-state index is 10.5. The van der Waals surface area contributed by atoms with Gasteiger partial charge in [-0.15, -0.1) is 0 Å². The fourth-order valence-corrected chi connectivity index (χ4v) is 1.19. The Morgan fingerprint density at radius 1 is 1.60 bits per heavy atom. The lowest BCUT2D eigenvalue weighted by Gasteiger charge is -2.07. The normalized spacial score (nSPS) is 10.0. The molecule has 0 heterocycles. The van der Waals surface area contributed by atoms with Gasteiger partial charge in [-0.1, -0.05) is 18.5 Å². The SMILES string of the molecule is CCCOc1cc([N+](=O)[O-])cc(Cl)c1O. The standard InChI is InChI=1S/C9H10ClNO4/c1-2-3-15-8-5-6(11(13)14)4-7(10)9(8)12/h4-5,12H,2-3H2,1H3. The zero-order valence-electron chi connectivity index (χ0n) is 8.07. The first-order valence-corrected chi connectivity index (χ1v) is 4.73. The van der Waals surface area contributed by atoms with Crippen molar-refractivity contribution in [3.8, 4) is 11.5 Å². The molecule has 6 heteroatoms. The van der Waals surface area contributed by atoms with Crippen molar-refractivity contribution in [2.24, 2.45) is 0 Å². The Balaban J connectivity index is 3.07. The summed E-state index contributed by atoms with van der Waals surface area (Å²) in [5.41, 5.74) is -0.205. The quantitative estimate of drug-likeness (QED) is 0.639. The van der Waals surface area contributed by atoms with Gasteiger partial charge in [0, 0.05) is 6.07 Å². The minimum absolute atomic E-state index is 0.0380. The van der Waals surface area contributed by atoms with Gasteiger partial charge in [-0.25, -0.2) is 0 Å². The van der Waals surface area contributed by atoms with Crippen LogP contribution in [0.5, 0.6) is 11.5 Å². The van der Waals surface area contributed by atoms with Gasteiger partial charge in [0.1, 0.15) is 0 Å². The number of halogens is 1. The molecule has 1 N–H and O–H groups in total. The number of non-ortho nitro benzene ring substituents is 1. The van der Waals surface area contributed by atoms with Gasteiger partial charge in [0.15, 0.2) is 11.5 Å². The van der Waals surface area contributed by atoms with E-state index in [-0.39, 0.29) is 22.2 Å². The molecule has 0 atom stereocenters. The van der Waals surface area contributed by atoms with Gasteiger partial charge in [-0.2, -0.15) is 0 Å². The summed E-state index contributed by atoms with van der Waals surface area (Å²) in [6, 6.07) is 2.23. The predicted molar refractivity (Wildman–Crippen MR) is 55.6 cm³/mol. The van der Waals surface area contributed by atoms with Crippen molar-refractivity contribution in [2.75, 3.05) is 6.61 Å². The van der Waals surface area contributed by atoms with Crippen molar-refractivity contribution in [2.45, 2.75) is 13.3 Å². The molecule has 0 spiro atoms. The third-order valence-electron chi connectivity index (χ3n) is 1.69. The monoisotopic (exact) mass is 231 g/mol. The van der Waals surface area contributed by atoms with Crippen molar-refractivity contribution in [3.63, 3.8) is 0 Å². The molecule has 1 aromatic rings. The molecular formula is C9H10ClNO4. The van der Waals surface area contributed by atoms with Crippen molar-refractivity contribution in [1.29, 1.82) is 0 Å². The first-order chi connectivity index (χ1) is 7.06. The molecule has 0 saturated carbocycles. The number of nitro benzene ring substituents is 1. The van der Waals surface area contributed by atoms with Crippen LogP contribution >= 0.6 is 11.6 Å². The van der Waals surface area contributed by atoms with Gasteiger partial charge in [-0.05, 0) is 6.42 Å². The summed E-state index contributed by atoms with van der Waals surface area (Å²) in [6.45, 7) is 2.25. The zero-order valence-corrected chi connectivity index (χ0v) is 8.82. The van der Waals surface area contributed by atoms with E-state index in [4.69, 9.17) is 16.3 Å². The Morgan fingerprint density at radius 3 is 2.80 bits per heavy atom. The van der Waals surface area contributed by atoms with Gasteiger partial charge in [-0.3, -0.25) is 10.1 Å². The summed E-state index contributed by atoms with van der Waals surface area (Å²) in [5.74, 6) is -0.230. The summed E-state index contributed by atoms with van der Waals surface area (Å²) >= 11 is 5.61. The van der Waals surface area contributed by atoms with Crippen LogP contribution in [0.2, 0.25) is 5.02 Å². The van der Waals surface area contributed by atoms with Crippen molar-refractivity contribution in [1.82, 2.24) is 0 Å². The highest BCUT2D eigenvalue weighted by molar-refractivity contribution is 6.32. The third-order valence-corrected chi connectivity index (χ3v) is 1.97. The van der Waals surface area contributed by atoms with E-state index in [0.29, 0.717) is 6.61 Å². The molecule has 1 rings (SSSR count). The van der Waals surface area contributed by atoms with Crippen LogP contribution in [0, 0.1) is 10.1 Å². The Bertz CT molecular complexity index is 381. The lowest BCUT2D eigenvalue weighted by molar-refractivity contribution is -0.384. The fourth-order valence-electron chi connectivity index (χ4n) is 0.988. The molecule has 5 nitrogen and oxygen atoms in total. The van der Waals surface area contributed by atoms with Crippen LogP contribution in [0.25, 0.3) is 0 Å².